The summed E-state index contributed by atoms with van der Waals surface area (Å²) >= 11 is 1.71. The van der Waals surface area contributed by atoms with E-state index in [4.69, 9.17) is 0 Å². The van der Waals surface area contributed by atoms with E-state index in [9.17, 15) is 0 Å². The molecular formula is C17H25N3S. The van der Waals surface area contributed by atoms with Crippen LogP contribution in [0.2, 0.25) is 0 Å². The van der Waals surface area contributed by atoms with Crippen molar-refractivity contribution < 1.29 is 0 Å². The second-order valence-electron chi connectivity index (χ2n) is 6.66. The smallest absolute Gasteiger partial charge is 0.148 e. The molecule has 0 aliphatic heterocycles. The molecule has 3 nitrogen and oxygen atoms in total. The molecule has 0 spiro atoms. The maximum absolute atomic E-state index is 4.40. The molecule has 0 aliphatic carbocycles. The van der Waals surface area contributed by atoms with Gasteiger partial charge in [-0.1, -0.05) is 70.2 Å². The van der Waals surface area contributed by atoms with Gasteiger partial charge in [0.15, 0.2) is 0 Å². The molecule has 0 bridgehead atoms. The zero-order chi connectivity index (χ0) is 15.5. The van der Waals surface area contributed by atoms with E-state index in [1.165, 1.54) is 11.1 Å². The first kappa shape index (κ1) is 16.1. The van der Waals surface area contributed by atoms with Crippen molar-refractivity contribution in [3.63, 3.8) is 0 Å². The van der Waals surface area contributed by atoms with E-state index in [1.807, 2.05) is 0 Å². The molecular weight excluding hydrogens is 278 g/mol. The molecule has 0 fully saturated rings. The molecule has 1 N–H and O–H groups in total. The molecule has 0 atom stereocenters. The Balaban J connectivity index is 2.18. The van der Waals surface area contributed by atoms with E-state index in [0.29, 0.717) is 6.04 Å². The molecule has 0 radical (unpaired) electrons. The number of rotatable bonds is 5. The summed E-state index contributed by atoms with van der Waals surface area (Å²) in [6.45, 7) is 12.0. The summed E-state index contributed by atoms with van der Waals surface area (Å²) < 4.78 is 0. The van der Waals surface area contributed by atoms with Gasteiger partial charge in [-0.3, -0.25) is 0 Å². The lowest BCUT2D eigenvalue weighted by Gasteiger charge is -2.21. The van der Waals surface area contributed by atoms with Crippen molar-refractivity contribution in [3.8, 4) is 10.6 Å². The number of benzene rings is 1. The number of hydrogen-bond acceptors (Lipinski definition) is 4. The lowest BCUT2D eigenvalue weighted by Crippen LogP contribution is -2.24. The van der Waals surface area contributed by atoms with Crippen molar-refractivity contribution >= 4 is 11.3 Å². The maximum Gasteiger partial charge on any atom is 0.148 e. The first-order valence-corrected chi connectivity index (χ1v) is 8.35. The number of nitrogens with one attached hydrogen (secondary N) is 1. The molecule has 1 aromatic carbocycles. The topological polar surface area (TPSA) is 37.8 Å². The molecule has 114 valence electrons. The number of nitrogens with zero attached hydrogens (tertiary/aromatic N) is 2. The van der Waals surface area contributed by atoms with Crippen molar-refractivity contribution in [2.24, 2.45) is 0 Å². The van der Waals surface area contributed by atoms with Crippen molar-refractivity contribution in [1.82, 2.24) is 15.5 Å². The minimum Gasteiger partial charge on any atom is -0.314 e. The van der Waals surface area contributed by atoms with Gasteiger partial charge in [0, 0.05) is 24.6 Å². The van der Waals surface area contributed by atoms with Crippen LogP contribution in [0.1, 0.15) is 45.2 Å². The van der Waals surface area contributed by atoms with E-state index in [-0.39, 0.29) is 5.41 Å². The van der Waals surface area contributed by atoms with Crippen LogP contribution < -0.4 is 5.32 Å². The van der Waals surface area contributed by atoms with Crippen LogP contribution in [-0.4, -0.2) is 22.8 Å². The van der Waals surface area contributed by atoms with Crippen molar-refractivity contribution in [1.29, 1.82) is 0 Å². The molecule has 2 aromatic rings. The maximum atomic E-state index is 4.40. The van der Waals surface area contributed by atoms with Gasteiger partial charge in [0.25, 0.3) is 0 Å². The molecule has 1 aromatic heterocycles. The van der Waals surface area contributed by atoms with Crippen LogP contribution in [0.4, 0.5) is 0 Å². The lowest BCUT2D eigenvalue weighted by atomic mass is 9.84. The van der Waals surface area contributed by atoms with E-state index < -0.39 is 0 Å². The van der Waals surface area contributed by atoms with Gasteiger partial charge in [-0.15, -0.1) is 10.2 Å². The summed E-state index contributed by atoms with van der Waals surface area (Å²) in [4.78, 5) is 0. The number of hydrogen-bond donors (Lipinski definition) is 1. The highest BCUT2D eigenvalue weighted by atomic mass is 32.1. The standard InChI is InChI=1S/C17H25N3S/c1-12(2)18-11-10-15-19-20-16(21-15)13-8-6-7-9-14(13)17(3,4)5/h6-9,12,18H,10-11H2,1-5H3. The van der Waals surface area contributed by atoms with Crippen LogP contribution in [0.25, 0.3) is 10.6 Å². The second kappa shape index (κ2) is 6.67. The lowest BCUT2D eigenvalue weighted by molar-refractivity contribution is 0.588. The first-order chi connectivity index (χ1) is 9.88. The predicted molar refractivity (Wildman–Crippen MR) is 90.9 cm³/mol. The van der Waals surface area contributed by atoms with Crippen molar-refractivity contribution in [3.05, 3.63) is 34.8 Å². The van der Waals surface area contributed by atoms with Gasteiger partial charge in [0.2, 0.25) is 0 Å². The van der Waals surface area contributed by atoms with E-state index in [1.54, 1.807) is 11.3 Å². The Morgan fingerprint density at radius 2 is 1.86 bits per heavy atom. The Hall–Kier alpha value is -1.26. The third kappa shape index (κ3) is 4.35. The Labute approximate surface area is 131 Å². The van der Waals surface area contributed by atoms with Crippen LogP contribution in [0, 0.1) is 0 Å². The zero-order valence-electron chi connectivity index (χ0n) is 13.6. The van der Waals surface area contributed by atoms with Crippen molar-refractivity contribution in [2.45, 2.75) is 52.5 Å². The molecule has 2 rings (SSSR count). The minimum absolute atomic E-state index is 0.113. The van der Waals surface area contributed by atoms with Crippen LogP contribution in [0.5, 0.6) is 0 Å². The predicted octanol–water partition coefficient (Wildman–Crippen LogP) is 4.04. The summed E-state index contributed by atoms with van der Waals surface area (Å²) in [5.41, 5.74) is 2.65. The third-order valence-electron chi connectivity index (χ3n) is 3.32. The van der Waals surface area contributed by atoms with Gasteiger partial charge >= 0.3 is 0 Å². The van der Waals surface area contributed by atoms with Gasteiger partial charge in [-0.25, -0.2) is 0 Å². The third-order valence-corrected chi connectivity index (χ3v) is 4.34. The molecule has 4 heteroatoms. The minimum atomic E-state index is 0.113. The summed E-state index contributed by atoms with van der Waals surface area (Å²) in [6, 6.07) is 9.03. The molecule has 0 aliphatic rings. The number of aromatic nitrogens is 2. The molecule has 0 saturated carbocycles. The van der Waals surface area contributed by atoms with Gasteiger partial charge in [0.1, 0.15) is 10.0 Å². The summed E-state index contributed by atoms with van der Waals surface area (Å²) in [7, 11) is 0. The van der Waals surface area contributed by atoms with E-state index in [2.05, 4.69) is 74.4 Å². The fourth-order valence-electron chi connectivity index (χ4n) is 2.25. The van der Waals surface area contributed by atoms with Gasteiger partial charge in [-0.2, -0.15) is 0 Å². The van der Waals surface area contributed by atoms with Gasteiger partial charge < -0.3 is 5.32 Å². The van der Waals surface area contributed by atoms with Crippen LogP contribution in [0.15, 0.2) is 24.3 Å². The average Bonchev–Trinajstić information content (AvgIpc) is 2.86. The Bertz CT molecular complexity index is 582. The summed E-state index contributed by atoms with van der Waals surface area (Å²) in [6.07, 6.45) is 0.938. The quantitative estimate of drug-likeness (QED) is 0.905. The van der Waals surface area contributed by atoms with Crippen LogP contribution >= 0.6 is 11.3 Å². The zero-order valence-corrected chi connectivity index (χ0v) is 14.4. The Morgan fingerprint density at radius 1 is 1.14 bits per heavy atom. The van der Waals surface area contributed by atoms with Gasteiger partial charge in [-0.05, 0) is 11.0 Å². The average molecular weight is 303 g/mol. The fraction of sp³-hybridized carbons (Fsp3) is 0.529. The fourth-order valence-corrected chi connectivity index (χ4v) is 3.13. The van der Waals surface area contributed by atoms with E-state index >= 15 is 0 Å². The first-order valence-electron chi connectivity index (χ1n) is 7.53. The Kier molecular flexibility index (Phi) is 5.12. The summed E-state index contributed by atoms with van der Waals surface area (Å²) in [5, 5.41) is 14.3. The monoisotopic (exact) mass is 303 g/mol. The van der Waals surface area contributed by atoms with Gasteiger partial charge in [0.05, 0.1) is 0 Å². The molecule has 0 amide bonds. The highest BCUT2D eigenvalue weighted by molar-refractivity contribution is 7.14. The molecule has 1 heterocycles. The largest absolute Gasteiger partial charge is 0.314 e. The SMILES string of the molecule is CC(C)NCCc1nnc(-c2ccccc2C(C)(C)C)s1. The summed E-state index contributed by atoms with van der Waals surface area (Å²) in [5.74, 6) is 0. The normalized spacial score (nSPS) is 12.1. The highest BCUT2D eigenvalue weighted by Gasteiger charge is 2.20. The van der Waals surface area contributed by atoms with Crippen LogP contribution in [0.3, 0.4) is 0 Å². The molecule has 0 unspecified atom stereocenters. The molecule has 21 heavy (non-hydrogen) atoms. The Morgan fingerprint density at radius 3 is 2.52 bits per heavy atom. The van der Waals surface area contributed by atoms with E-state index in [0.717, 1.165) is 23.0 Å². The van der Waals surface area contributed by atoms with Crippen molar-refractivity contribution in [2.75, 3.05) is 6.54 Å². The van der Waals surface area contributed by atoms with Crippen LogP contribution in [-0.2, 0) is 11.8 Å². The highest BCUT2D eigenvalue weighted by Crippen LogP contribution is 2.34. The second-order valence-corrected chi connectivity index (χ2v) is 7.72. The molecule has 0 saturated heterocycles.